The fraction of sp³-hybridized carbons (Fsp3) is 1.00. The Balaban J connectivity index is 2.23. The summed E-state index contributed by atoms with van der Waals surface area (Å²) in [5, 5.41) is 9.12. The Labute approximate surface area is 57.9 Å². The number of aliphatic hydroxyl groups is 1. The van der Waals surface area contributed by atoms with E-state index in [2.05, 4.69) is 4.93 Å². The van der Waals surface area contributed by atoms with E-state index in [-0.39, 0.29) is 6.10 Å². The van der Waals surface area contributed by atoms with Crippen LogP contribution in [0.3, 0.4) is 0 Å². The van der Waals surface area contributed by atoms with Crippen molar-refractivity contribution in [3.8, 4) is 0 Å². The van der Waals surface area contributed by atoms with E-state index in [1.165, 1.54) is 15.3 Å². The van der Waals surface area contributed by atoms with Crippen LogP contribution in [0.25, 0.3) is 0 Å². The van der Waals surface area contributed by atoms with Crippen LogP contribution >= 0.6 is 19.8 Å². The summed E-state index contributed by atoms with van der Waals surface area (Å²) >= 11 is -0.552. The van der Waals surface area contributed by atoms with E-state index in [0.717, 1.165) is 6.42 Å². The van der Waals surface area contributed by atoms with E-state index >= 15 is 0 Å². The summed E-state index contributed by atoms with van der Waals surface area (Å²) in [6, 6.07) is 0. The monoisotopic (exact) mass is 228 g/mol. The van der Waals surface area contributed by atoms with Crippen LogP contribution in [0, 0.1) is 0 Å². The molecule has 1 fully saturated rings. The molecule has 0 radical (unpaired) electrons. The van der Waals surface area contributed by atoms with Gasteiger partial charge in [-0.2, -0.15) is 0 Å². The van der Waals surface area contributed by atoms with E-state index in [1.54, 1.807) is 0 Å². The first-order valence-corrected chi connectivity index (χ1v) is 8.20. The van der Waals surface area contributed by atoms with Gasteiger partial charge in [-0.1, -0.05) is 0 Å². The average molecular weight is 228 g/mol. The second-order valence-electron chi connectivity index (χ2n) is 2.36. The molecule has 1 aliphatic rings. The molecule has 1 N–H and O–H groups in total. The summed E-state index contributed by atoms with van der Waals surface area (Å²) in [7, 11) is 0. The summed E-state index contributed by atoms with van der Waals surface area (Å²) in [5.41, 5.74) is 0. The van der Waals surface area contributed by atoms with Crippen LogP contribution in [0.2, 0.25) is 0 Å². The van der Waals surface area contributed by atoms with Crippen molar-refractivity contribution in [2.45, 2.75) is 18.9 Å². The summed E-state index contributed by atoms with van der Waals surface area (Å²) in [6.07, 6.45) is 2.45. The fourth-order valence-electron chi connectivity index (χ4n) is 0.999. The van der Waals surface area contributed by atoms with Crippen molar-refractivity contribution in [3.05, 3.63) is 0 Å². The van der Waals surface area contributed by atoms with Crippen LogP contribution < -0.4 is 0 Å². The van der Waals surface area contributed by atoms with Gasteiger partial charge in [-0.05, 0) is 0 Å². The van der Waals surface area contributed by atoms with Gasteiger partial charge in [-0.15, -0.1) is 0 Å². The third-order valence-electron chi connectivity index (χ3n) is 1.44. The van der Waals surface area contributed by atoms with Crippen molar-refractivity contribution in [2.75, 3.05) is 13.8 Å². The predicted molar refractivity (Wildman–Crippen MR) is 44.9 cm³/mol. The van der Waals surface area contributed by atoms with Crippen LogP contribution in [-0.4, -0.2) is 25.0 Å². The zero-order chi connectivity index (χ0) is 5.98. The zero-order valence-corrected chi connectivity index (χ0v) is 7.39. The topological polar surface area (TPSA) is 20.2 Å². The van der Waals surface area contributed by atoms with Gasteiger partial charge in [0, 0.05) is 0 Å². The van der Waals surface area contributed by atoms with Crippen LogP contribution in [0.4, 0.5) is 0 Å². The Kier molecular flexibility index (Phi) is 2.56. The van der Waals surface area contributed by atoms with Gasteiger partial charge in [0.15, 0.2) is 0 Å². The molecule has 1 atom stereocenters. The van der Waals surface area contributed by atoms with Gasteiger partial charge in [0.25, 0.3) is 0 Å². The molecule has 0 aromatic rings. The second-order valence-corrected chi connectivity index (χ2v) is 8.45. The summed E-state index contributed by atoms with van der Waals surface area (Å²) in [4.78, 5) is 2.37. The van der Waals surface area contributed by atoms with Crippen LogP contribution in [0.5, 0.6) is 0 Å². The molecule has 0 saturated carbocycles. The maximum absolute atomic E-state index is 9.12. The Morgan fingerprint density at radius 1 is 1.62 bits per heavy atom. The summed E-state index contributed by atoms with van der Waals surface area (Å²) in [6.45, 7) is 0. The van der Waals surface area contributed by atoms with Crippen LogP contribution in [0.1, 0.15) is 12.8 Å². The molecule has 0 spiro atoms. The van der Waals surface area contributed by atoms with Crippen molar-refractivity contribution in [2.24, 2.45) is 0 Å². The Morgan fingerprint density at radius 3 is 2.75 bits per heavy atom. The molecule has 1 aliphatic heterocycles. The molecule has 1 nitrogen and oxygen atoms in total. The third kappa shape index (κ3) is 1.90. The zero-order valence-electron chi connectivity index (χ0n) is 5.23. The predicted octanol–water partition coefficient (Wildman–Crippen LogP) is 1.28. The maximum atomic E-state index is 9.12. The minimum atomic E-state index is -0.552. The molecular weight excluding hydrogens is 215 g/mol. The molecule has 8 heavy (non-hydrogen) atoms. The normalized spacial score (nSPS) is 35.2. The van der Waals surface area contributed by atoms with Crippen molar-refractivity contribution < 1.29 is 5.11 Å². The van der Waals surface area contributed by atoms with Gasteiger partial charge in [0.1, 0.15) is 0 Å². The molecule has 0 amide bonds. The number of hydrogen-bond donors (Lipinski definition) is 1. The van der Waals surface area contributed by atoms with Gasteiger partial charge < -0.3 is 0 Å². The van der Waals surface area contributed by atoms with E-state index in [4.69, 9.17) is 5.11 Å². The fourth-order valence-corrected chi connectivity index (χ4v) is 5.36. The van der Waals surface area contributed by atoms with E-state index in [0.29, 0.717) is 0 Å². The standard InChI is InChI=1S/C6H13IO/c1-7-4-2-3-6(8)5-7/h6,8H,2-5H2,1H3. The van der Waals surface area contributed by atoms with E-state index in [1.807, 2.05) is 0 Å². The Bertz CT molecular complexity index is 66.9. The van der Waals surface area contributed by atoms with Gasteiger partial charge in [0.05, 0.1) is 0 Å². The third-order valence-corrected chi connectivity index (χ3v) is 6.56. The number of halogens is 1. The molecule has 0 aromatic heterocycles. The molecule has 1 heterocycles. The molecular formula is C6H13IO. The first kappa shape index (κ1) is 6.81. The first-order chi connectivity index (χ1) is 3.79. The van der Waals surface area contributed by atoms with Gasteiger partial charge in [0.2, 0.25) is 0 Å². The molecule has 0 aromatic carbocycles. The van der Waals surface area contributed by atoms with E-state index < -0.39 is 19.8 Å². The average Bonchev–Trinajstić information content (AvgIpc) is 1.64. The Hall–Kier alpha value is 0.690. The van der Waals surface area contributed by atoms with Crippen molar-refractivity contribution >= 4 is 19.8 Å². The Morgan fingerprint density at radius 2 is 2.38 bits per heavy atom. The molecule has 1 unspecified atom stereocenters. The second kappa shape index (κ2) is 3.01. The van der Waals surface area contributed by atoms with Gasteiger partial charge in [-0.3, -0.25) is 0 Å². The molecule has 0 aliphatic carbocycles. The van der Waals surface area contributed by atoms with E-state index in [9.17, 15) is 0 Å². The first-order valence-electron chi connectivity index (χ1n) is 2.99. The quantitative estimate of drug-likeness (QED) is 0.489. The number of aliphatic hydroxyl groups excluding tert-OH is 1. The van der Waals surface area contributed by atoms with Crippen molar-refractivity contribution in [1.82, 2.24) is 0 Å². The van der Waals surface area contributed by atoms with Gasteiger partial charge >= 0.3 is 57.7 Å². The van der Waals surface area contributed by atoms with Crippen LogP contribution in [0.15, 0.2) is 0 Å². The number of hydrogen-bond acceptors (Lipinski definition) is 1. The van der Waals surface area contributed by atoms with Gasteiger partial charge in [-0.25, -0.2) is 0 Å². The van der Waals surface area contributed by atoms with Crippen LogP contribution in [-0.2, 0) is 0 Å². The van der Waals surface area contributed by atoms with Crippen molar-refractivity contribution in [1.29, 1.82) is 0 Å². The SMILES string of the molecule is CI1CCCC(O)C1. The minimum absolute atomic E-state index is 0.0824. The molecule has 2 heteroatoms. The summed E-state index contributed by atoms with van der Waals surface area (Å²) < 4.78 is 2.66. The molecule has 0 bridgehead atoms. The summed E-state index contributed by atoms with van der Waals surface area (Å²) in [5.74, 6) is 0. The molecule has 1 rings (SSSR count). The number of rotatable bonds is 0. The molecule has 50 valence electrons. The number of alkyl halides is 3. The van der Waals surface area contributed by atoms with Crippen molar-refractivity contribution in [3.63, 3.8) is 0 Å². The molecule has 1 saturated heterocycles.